The molecule has 4 aromatic rings. The van der Waals surface area contributed by atoms with Crippen LogP contribution in [0.15, 0.2) is 78.9 Å². The lowest BCUT2D eigenvalue weighted by Crippen LogP contribution is -3.11. The van der Waals surface area contributed by atoms with E-state index in [9.17, 15) is 9.59 Å². The largest absolute Gasteiger partial charge is 0.456 e. The molecule has 0 bridgehead atoms. The topological polar surface area (TPSA) is 72.7 Å². The monoisotopic (exact) mass is 482 g/mol. The van der Waals surface area contributed by atoms with Crippen molar-refractivity contribution in [3.63, 3.8) is 0 Å². The number of nitrogens with zero attached hydrogens (tertiary/aromatic N) is 1. The number of anilines is 1. The molecule has 1 aromatic heterocycles. The van der Waals surface area contributed by atoms with Crippen LogP contribution in [0.25, 0.3) is 22.2 Å². The molecule has 0 spiro atoms. The molecule has 1 amide bonds. The van der Waals surface area contributed by atoms with Gasteiger partial charge in [-0.15, -0.1) is 0 Å². The number of para-hydroxylation sites is 1. The van der Waals surface area contributed by atoms with Gasteiger partial charge in [-0.3, -0.25) is 4.79 Å². The number of ether oxygens (including phenoxy) is 1. The van der Waals surface area contributed by atoms with E-state index in [1.807, 2.05) is 61.5 Å². The van der Waals surface area contributed by atoms with Gasteiger partial charge in [-0.1, -0.05) is 48.0 Å². The van der Waals surface area contributed by atoms with Crippen LogP contribution in [0.5, 0.6) is 0 Å². The Morgan fingerprint density at radius 3 is 2.31 bits per heavy atom. The van der Waals surface area contributed by atoms with Crippen molar-refractivity contribution in [1.82, 2.24) is 4.98 Å². The summed E-state index contributed by atoms with van der Waals surface area (Å²) in [5.41, 5.74) is 5.20. The number of rotatable bonds is 9. The molecule has 0 fully saturated rings. The molecule has 0 aliphatic carbocycles. The number of amides is 1. The van der Waals surface area contributed by atoms with Crippen molar-refractivity contribution in [1.29, 1.82) is 0 Å². The van der Waals surface area contributed by atoms with Gasteiger partial charge in [0, 0.05) is 16.6 Å². The molecule has 4 rings (SSSR count). The molecule has 0 saturated carbocycles. The number of likely N-dealkylation sites (N-methyl/N-ethyl adjacent to an activating group) is 1. The van der Waals surface area contributed by atoms with Crippen LogP contribution in [0, 0.1) is 6.92 Å². The van der Waals surface area contributed by atoms with Crippen LogP contribution >= 0.6 is 0 Å². The Kier molecular flexibility index (Phi) is 8.08. The van der Waals surface area contributed by atoms with Gasteiger partial charge in [0.2, 0.25) is 0 Å². The van der Waals surface area contributed by atoms with Crippen LogP contribution in [0.1, 0.15) is 40.1 Å². The van der Waals surface area contributed by atoms with Gasteiger partial charge in [-0.25, -0.2) is 9.78 Å². The number of hydrogen-bond acceptors (Lipinski definition) is 4. The minimum Gasteiger partial charge on any atom is -0.456 e. The number of benzene rings is 3. The minimum absolute atomic E-state index is 0.237. The summed E-state index contributed by atoms with van der Waals surface area (Å²) in [4.78, 5) is 31.8. The molecule has 0 unspecified atom stereocenters. The summed E-state index contributed by atoms with van der Waals surface area (Å²) in [5.74, 6) is -0.596. The Balaban J connectivity index is 1.50. The summed E-state index contributed by atoms with van der Waals surface area (Å²) in [6, 6.07) is 24.3. The Hall–Kier alpha value is -4.03. The van der Waals surface area contributed by atoms with E-state index in [1.54, 1.807) is 24.3 Å². The van der Waals surface area contributed by atoms with E-state index < -0.39 is 0 Å². The summed E-state index contributed by atoms with van der Waals surface area (Å²) in [5, 5.41) is 3.73. The molecule has 184 valence electrons. The normalized spacial score (nSPS) is 11.0. The van der Waals surface area contributed by atoms with Crippen molar-refractivity contribution in [2.75, 3.05) is 31.6 Å². The predicted molar refractivity (Wildman–Crippen MR) is 144 cm³/mol. The number of pyridine rings is 1. The molecule has 6 nitrogen and oxygen atoms in total. The summed E-state index contributed by atoms with van der Waals surface area (Å²) >= 11 is 0. The summed E-state index contributed by atoms with van der Waals surface area (Å²) < 4.78 is 5.41. The fraction of sp³-hybridized carbons (Fsp3) is 0.233. The fourth-order valence-corrected chi connectivity index (χ4v) is 4.10. The summed E-state index contributed by atoms with van der Waals surface area (Å²) in [6.45, 7) is 9.44. The Morgan fingerprint density at radius 1 is 0.917 bits per heavy atom. The Labute approximate surface area is 211 Å². The van der Waals surface area contributed by atoms with Crippen LogP contribution in [0.4, 0.5) is 5.69 Å². The Bertz CT molecular complexity index is 1340. The van der Waals surface area contributed by atoms with Crippen molar-refractivity contribution in [2.24, 2.45) is 0 Å². The minimum atomic E-state index is -0.359. The van der Waals surface area contributed by atoms with Crippen molar-refractivity contribution in [3.8, 4) is 11.3 Å². The van der Waals surface area contributed by atoms with E-state index in [4.69, 9.17) is 9.72 Å². The highest BCUT2D eigenvalue weighted by Crippen LogP contribution is 2.26. The zero-order valence-electron chi connectivity index (χ0n) is 21.0. The number of carbonyl (C=O) groups excluding carboxylic acids is 2. The quantitative estimate of drug-likeness (QED) is 0.344. The average molecular weight is 483 g/mol. The molecule has 6 heteroatoms. The molecular formula is C30H32N3O3+. The van der Waals surface area contributed by atoms with E-state index in [0.29, 0.717) is 23.4 Å². The number of aryl methyl sites for hydroxylation is 1. The van der Waals surface area contributed by atoms with Gasteiger partial charge in [0.25, 0.3) is 5.91 Å². The summed E-state index contributed by atoms with van der Waals surface area (Å²) in [7, 11) is 0. The van der Waals surface area contributed by atoms with Gasteiger partial charge in [-0.05, 0) is 57.2 Å². The lowest BCUT2D eigenvalue weighted by Gasteiger charge is -2.15. The number of aromatic nitrogens is 1. The van der Waals surface area contributed by atoms with Crippen molar-refractivity contribution in [2.45, 2.75) is 20.8 Å². The lowest BCUT2D eigenvalue weighted by atomic mass is 10.0. The van der Waals surface area contributed by atoms with Gasteiger partial charge < -0.3 is 15.0 Å². The summed E-state index contributed by atoms with van der Waals surface area (Å²) in [6.07, 6.45) is 0. The number of fused-ring (bicyclic) bond motifs is 1. The first-order valence-corrected chi connectivity index (χ1v) is 12.4. The maximum Gasteiger partial charge on any atom is 0.338 e. The van der Waals surface area contributed by atoms with Crippen molar-refractivity contribution in [3.05, 3.63) is 95.6 Å². The third-order valence-electron chi connectivity index (χ3n) is 6.38. The van der Waals surface area contributed by atoms with Crippen LogP contribution in [0.2, 0.25) is 0 Å². The van der Waals surface area contributed by atoms with E-state index in [0.717, 1.165) is 47.4 Å². The molecule has 1 heterocycles. The van der Waals surface area contributed by atoms with E-state index in [-0.39, 0.29) is 11.9 Å². The molecule has 36 heavy (non-hydrogen) atoms. The predicted octanol–water partition coefficient (Wildman–Crippen LogP) is 4.54. The van der Waals surface area contributed by atoms with Crippen LogP contribution in [0.3, 0.4) is 0 Å². The van der Waals surface area contributed by atoms with Crippen molar-refractivity contribution < 1.29 is 19.2 Å². The first kappa shape index (κ1) is 25.1. The standard InChI is InChI=1S/C30H31N3O3/c1-4-33(5-2)18-19-36-30(35)23-14-16-24(17-15-23)31-29(34)26-20-28(22-12-10-21(3)11-13-22)32-27-9-7-6-8-25(26)27/h6-17,20H,4-5,18-19H2,1-3H3,(H,31,34)/p+1. The molecule has 0 saturated heterocycles. The number of esters is 1. The molecule has 3 aromatic carbocycles. The first-order chi connectivity index (χ1) is 17.5. The highest BCUT2D eigenvalue weighted by atomic mass is 16.5. The van der Waals surface area contributed by atoms with Gasteiger partial charge in [0.1, 0.15) is 13.2 Å². The molecule has 0 radical (unpaired) electrons. The van der Waals surface area contributed by atoms with E-state index >= 15 is 0 Å². The SMILES string of the molecule is CC[NH+](CC)CCOC(=O)c1ccc(NC(=O)c2cc(-c3ccc(C)cc3)nc3ccccc23)cc1. The van der Waals surface area contributed by atoms with Crippen LogP contribution in [-0.2, 0) is 4.74 Å². The highest BCUT2D eigenvalue weighted by molar-refractivity contribution is 6.13. The van der Waals surface area contributed by atoms with Crippen LogP contribution in [-0.4, -0.2) is 43.1 Å². The molecule has 0 atom stereocenters. The van der Waals surface area contributed by atoms with E-state index in [2.05, 4.69) is 19.2 Å². The second-order valence-electron chi connectivity index (χ2n) is 8.81. The second-order valence-corrected chi connectivity index (χ2v) is 8.81. The van der Waals surface area contributed by atoms with Gasteiger partial charge >= 0.3 is 5.97 Å². The zero-order chi connectivity index (χ0) is 25.5. The molecule has 0 aliphatic heterocycles. The van der Waals surface area contributed by atoms with E-state index in [1.165, 1.54) is 4.90 Å². The lowest BCUT2D eigenvalue weighted by molar-refractivity contribution is -0.896. The third kappa shape index (κ3) is 5.96. The molecular weight excluding hydrogens is 450 g/mol. The number of nitrogens with one attached hydrogen (secondary N) is 2. The smallest absolute Gasteiger partial charge is 0.338 e. The maximum atomic E-state index is 13.3. The molecule has 2 N–H and O–H groups in total. The number of carbonyl (C=O) groups is 2. The molecule has 0 aliphatic rings. The highest BCUT2D eigenvalue weighted by Gasteiger charge is 2.15. The third-order valence-corrected chi connectivity index (χ3v) is 6.38. The number of quaternary nitrogens is 1. The van der Waals surface area contributed by atoms with Gasteiger partial charge in [0.15, 0.2) is 0 Å². The van der Waals surface area contributed by atoms with Crippen LogP contribution < -0.4 is 10.2 Å². The second kappa shape index (κ2) is 11.6. The number of hydrogen-bond donors (Lipinski definition) is 2. The Morgan fingerprint density at radius 2 is 1.61 bits per heavy atom. The average Bonchev–Trinajstić information content (AvgIpc) is 2.91. The van der Waals surface area contributed by atoms with Crippen molar-refractivity contribution >= 4 is 28.5 Å². The first-order valence-electron chi connectivity index (χ1n) is 12.4. The maximum absolute atomic E-state index is 13.3. The zero-order valence-corrected chi connectivity index (χ0v) is 21.0. The fourth-order valence-electron chi connectivity index (χ4n) is 4.10. The van der Waals surface area contributed by atoms with Gasteiger partial charge in [-0.2, -0.15) is 0 Å². The van der Waals surface area contributed by atoms with Gasteiger partial charge in [0.05, 0.1) is 35.4 Å².